The van der Waals surface area contributed by atoms with E-state index in [1.54, 1.807) is 12.1 Å². The fraction of sp³-hybridized carbons (Fsp3) is 0.571. The standard InChI is InChI=1S/C14H19F3N2/c1-2-9-19(13-7-8-18-10-13)12-5-3-11(4-6-12)14(15,16)17/h3-6,13,18H,2,7-10H2,1H3. The van der Waals surface area contributed by atoms with Crippen LogP contribution in [-0.4, -0.2) is 25.7 Å². The third-order valence-corrected chi connectivity index (χ3v) is 3.47. The van der Waals surface area contributed by atoms with E-state index < -0.39 is 11.7 Å². The first kappa shape index (κ1) is 14.2. The maximum atomic E-state index is 12.5. The Bertz CT molecular complexity index is 394. The van der Waals surface area contributed by atoms with E-state index in [0.717, 1.165) is 38.2 Å². The molecule has 0 bridgehead atoms. The fourth-order valence-corrected chi connectivity index (χ4v) is 2.51. The average molecular weight is 272 g/mol. The molecule has 1 aromatic carbocycles. The van der Waals surface area contributed by atoms with Crippen LogP contribution in [0.15, 0.2) is 24.3 Å². The number of anilines is 1. The topological polar surface area (TPSA) is 15.3 Å². The van der Waals surface area contributed by atoms with E-state index >= 15 is 0 Å². The van der Waals surface area contributed by atoms with E-state index in [1.807, 2.05) is 0 Å². The third-order valence-electron chi connectivity index (χ3n) is 3.47. The summed E-state index contributed by atoms with van der Waals surface area (Å²) in [6.45, 7) is 4.84. The molecule has 0 amide bonds. The first-order chi connectivity index (χ1) is 9.02. The number of rotatable bonds is 4. The van der Waals surface area contributed by atoms with Crippen molar-refractivity contribution in [3.63, 3.8) is 0 Å². The summed E-state index contributed by atoms with van der Waals surface area (Å²) in [6.07, 6.45) is -2.23. The highest BCUT2D eigenvalue weighted by Gasteiger charge is 2.30. The molecule has 1 aromatic rings. The summed E-state index contributed by atoms with van der Waals surface area (Å²) in [5.74, 6) is 0. The first-order valence-electron chi connectivity index (χ1n) is 6.67. The minimum absolute atomic E-state index is 0.386. The molecule has 1 atom stereocenters. The van der Waals surface area contributed by atoms with Crippen molar-refractivity contribution in [3.8, 4) is 0 Å². The lowest BCUT2D eigenvalue weighted by Gasteiger charge is -2.30. The summed E-state index contributed by atoms with van der Waals surface area (Å²) in [5.41, 5.74) is 0.292. The summed E-state index contributed by atoms with van der Waals surface area (Å²) in [6, 6.07) is 5.88. The Hall–Kier alpha value is -1.23. The van der Waals surface area contributed by atoms with Crippen LogP contribution in [0.5, 0.6) is 0 Å². The number of benzene rings is 1. The van der Waals surface area contributed by atoms with Crippen LogP contribution in [0.2, 0.25) is 0 Å². The summed E-state index contributed by atoms with van der Waals surface area (Å²) in [4.78, 5) is 2.21. The van der Waals surface area contributed by atoms with Crippen LogP contribution in [0.3, 0.4) is 0 Å². The summed E-state index contributed by atoms with van der Waals surface area (Å²) in [5, 5.41) is 3.29. The van der Waals surface area contributed by atoms with Gasteiger partial charge in [0.05, 0.1) is 5.56 Å². The molecule has 2 rings (SSSR count). The van der Waals surface area contributed by atoms with Gasteiger partial charge in [0.15, 0.2) is 0 Å². The molecular formula is C14H19F3N2. The molecule has 19 heavy (non-hydrogen) atoms. The Kier molecular flexibility index (Phi) is 4.34. The van der Waals surface area contributed by atoms with Crippen molar-refractivity contribution < 1.29 is 13.2 Å². The minimum Gasteiger partial charge on any atom is -0.367 e. The Morgan fingerprint density at radius 1 is 1.26 bits per heavy atom. The van der Waals surface area contributed by atoms with Gasteiger partial charge in [0.25, 0.3) is 0 Å². The number of hydrogen-bond donors (Lipinski definition) is 1. The molecule has 1 saturated heterocycles. The summed E-state index contributed by atoms with van der Waals surface area (Å²) in [7, 11) is 0. The Morgan fingerprint density at radius 2 is 1.95 bits per heavy atom. The number of nitrogens with zero attached hydrogens (tertiary/aromatic N) is 1. The third kappa shape index (κ3) is 3.41. The molecule has 1 aliphatic rings. The van der Waals surface area contributed by atoms with Crippen LogP contribution in [-0.2, 0) is 6.18 Å². The zero-order chi connectivity index (χ0) is 13.9. The molecular weight excluding hydrogens is 253 g/mol. The number of halogens is 3. The largest absolute Gasteiger partial charge is 0.416 e. The summed E-state index contributed by atoms with van der Waals surface area (Å²) >= 11 is 0. The van der Waals surface area contributed by atoms with Gasteiger partial charge in [-0.2, -0.15) is 13.2 Å². The van der Waals surface area contributed by atoms with Gasteiger partial charge in [0, 0.05) is 24.8 Å². The van der Waals surface area contributed by atoms with Crippen molar-refractivity contribution in [2.75, 3.05) is 24.5 Å². The van der Waals surface area contributed by atoms with E-state index in [9.17, 15) is 13.2 Å². The predicted octanol–water partition coefficient (Wildman–Crippen LogP) is 3.28. The normalized spacial score (nSPS) is 19.7. The van der Waals surface area contributed by atoms with Gasteiger partial charge in [-0.1, -0.05) is 6.92 Å². The lowest BCUT2D eigenvalue weighted by atomic mass is 10.1. The van der Waals surface area contributed by atoms with Gasteiger partial charge in [-0.15, -0.1) is 0 Å². The highest BCUT2D eigenvalue weighted by molar-refractivity contribution is 5.49. The quantitative estimate of drug-likeness (QED) is 0.905. The molecule has 0 spiro atoms. The number of alkyl halides is 3. The van der Waals surface area contributed by atoms with Crippen LogP contribution < -0.4 is 10.2 Å². The van der Waals surface area contributed by atoms with Crippen molar-refractivity contribution in [1.29, 1.82) is 0 Å². The van der Waals surface area contributed by atoms with Gasteiger partial charge in [0.1, 0.15) is 0 Å². The molecule has 1 heterocycles. The van der Waals surface area contributed by atoms with E-state index in [0.29, 0.717) is 6.04 Å². The molecule has 1 fully saturated rings. The number of hydrogen-bond acceptors (Lipinski definition) is 2. The van der Waals surface area contributed by atoms with Gasteiger partial charge in [-0.05, 0) is 43.7 Å². The first-order valence-corrected chi connectivity index (χ1v) is 6.67. The van der Waals surface area contributed by atoms with E-state index in [4.69, 9.17) is 0 Å². The van der Waals surface area contributed by atoms with Gasteiger partial charge >= 0.3 is 6.18 Å². The maximum Gasteiger partial charge on any atom is 0.416 e. The SMILES string of the molecule is CCCN(c1ccc(C(F)(F)F)cc1)C1CCNC1. The lowest BCUT2D eigenvalue weighted by Crippen LogP contribution is -2.37. The van der Waals surface area contributed by atoms with E-state index in [2.05, 4.69) is 17.1 Å². The monoisotopic (exact) mass is 272 g/mol. The predicted molar refractivity (Wildman–Crippen MR) is 70.4 cm³/mol. The molecule has 2 nitrogen and oxygen atoms in total. The van der Waals surface area contributed by atoms with Crippen LogP contribution in [0.1, 0.15) is 25.3 Å². The highest BCUT2D eigenvalue weighted by atomic mass is 19.4. The van der Waals surface area contributed by atoms with Crippen molar-refractivity contribution >= 4 is 5.69 Å². The molecule has 1 N–H and O–H groups in total. The second-order valence-electron chi connectivity index (χ2n) is 4.88. The van der Waals surface area contributed by atoms with Crippen molar-refractivity contribution in [2.24, 2.45) is 0 Å². The molecule has 1 unspecified atom stereocenters. The van der Waals surface area contributed by atoms with Crippen LogP contribution >= 0.6 is 0 Å². The molecule has 0 aliphatic carbocycles. The maximum absolute atomic E-state index is 12.5. The van der Waals surface area contributed by atoms with Crippen LogP contribution in [0.4, 0.5) is 18.9 Å². The van der Waals surface area contributed by atoms with Gasteiger partial charge < -0.3 is 10.2 Å². The van der Waals surface area contributed by atoms with Crippen LogP contribution in [0.25, 0.3) is 0 Å². The van der Waals surface area contributed by atoms with Crippen molar-refractivity contribution in [3.05, 3.63) is 29.8 Å². The summed E-state index contributed by atoms with van der Waals surface area (Å²) < 4.78 is 37.6. The molecule has 1 aliphatic heterocycles. The van der Waals surface area contributed by atoms with Gasteiger partial charge in [0.2, 0.25) is 0 Å². The molecule has 0 radical (unpaired) electrons. The van der Waals surface area contributed by atoms with Gasteiger partial charge in [-0.3, -0.25) is 0 Å². The zero-order valence-electron chi connectivity index (χ0n) is 11.0. The second kappa shape index (κ2) is 5.82. The minimum atomic E-state index is -4.26. The van der Waals surface area contributed by atoms with Crippen molar-refractivity contribution in [2.45, 2.75) is 32.0 Å². The Labute approximate surface area is 111 Å². The number of nitrogens with one attached hydrogen (secondary N) is 1. The lowest BCUT2D eigenvalue weighted by molar-refractivity contribution is -0.137. The van der Waals surface area contributed by atoms with Crippen LogP contribution in [0, 0.1) is 0 Å². The molecule has 5 heteroatoms. The Balaban J connectivity index is 2.17. The fourth-order valence-electron chi connectivity index (χ4n) is 2.51. The molecule has 0 aromatic heterocycles. The highest BCUT2D eigenvalue weighted by Crippen LogP contribution is 2.31. The average Bonchev–Trinajstić information content (AvgIpc) is 2.89. The zero-order valence-corrected chi connectivity index (χ0v) is 11.0. The van der Waals surface area contributed by atoms with Crippen molar-refractivity contribution in [1.82, 2.24) is 5.32 Å². The Morgan fingerprint density at radius 3 is 2.42 bits per heavy atom. The van der Waals surface area contributed by atoms with E-state index in [-0.39, 0.29) is 0 Å². The second-order valence-corrected chi connectivity index (χ2v) is 4.88. The molecule has 106 valence electrons. The smallest absolute Gasteiger partial charge is 0.367 e. The molecule has 0 saturated carbocycles. The van der Waals surface area contributed by atoms with Gasteiger partial charge in [-0.25, -0.2) is 0 Å². The van der Waals surface area contributed by atoms with E-state index in [1.165, 1.54) is 12.1 Å².